The van der Waals surface area contributed by atoms with E-state index in [4.69, 9.17) is 0 Å². The van der Waals surface area contributed by atoms with Gasteiger partial charge in [0.25, 0.3) is 0 Å². The highest BCUT2D eigenvalue weighted by Gasteiger charge is 2.27. The Morgan fingerprint density at radius 2 is 2.05 bits per heavy atom. The Labute approximate surface area is 110 Å². The molecule has 0 bridgehead atoms. The Morgan fingerprint density at radius 3 is 2.58 bits per heavy atom. The molecule has 0 amide bonds. The first-order valence-electron chi connectivity index (χ1n) is 6.26. The van der Waals surface area contributed by atoms with Gasteiger partial charge in [-0.15, -0.1) is 0 Å². The van der Waals surface area contributed by atoms with E-state index in [-0.39, 0.29) is 6.54 Å². The number of hydrogen-bond acceptors (Lipinski definition) is 4. The molecule has 0 radical (unpaired) electrons. The molecule has 1 saturated carbocycles. The number of alkyl halides is 3. The first-order valence-corrected chi connectivity index (χ1v) is 6.26. The van der Waals surface area contributed by atoms with Crippen LogP contribution in [0.5, 0.6) is 0 Å². The second-order valence-corrected chi connectivity index (χ2v) is 4.81. The van der Waals surface area contributed by atoms with Gasteiger partial charge in [-0.1, -0.05) is 0 Å². The summed E-state index contributed by atoms with van der Waals surface area (Å²) in [6.07, 6.45) is 0.526. The summed E-state index contributed by atoms with van der Waals surface area (Å²) in [4.78, 5) is 9.79. The molecule has 0 saturated heterocycles. The molecule has 0 spiro atoms. The lowest BCUT2D eigenvalue weighted by molar-refractivity contribution is -0.132. The molecule has 1 fully saturated rings. The fraction of sp³-hybridized carbons (Fsp3) is 0.667. The maximum absolute atomic E-state index is 12.1. The molecule has 1 aromatic heterocycles. The Bertz CT molecular complexity index is 400. The third-order valence-electron chi connectivity index (χ3n) is 2.96. The van der Waals surface area contributed by atoms with Crippen molar-refractivity contribution in [1.29, 1.82) is 0 Å². The number of aromatic nitrogens is 2. The highest BCUT2D eigenvalue weighted by atomic mass is 19.4. The Kier molecular flexibility index (Phi) is 4.24. The molecule has 7 heteroatoms. The van der Waals surface area contributed by atoms with E-state index < -0.39 is 12.6 Å². The number of halogens is 3. The fourth-order valence-corrected chi connectivity index (χ4v) is 1.58. The second-order valence-electron chi connectivity index (χ2n) is 4.81. The van der Waals surface area contributed by atoms with Gasteiger partial charge in [-0.05, 0) is 12.8 Å². The van der Waals surface area contributed by atoms with Gasteiger partial charge < -0.3 is 10.2 Å². The van der Waals surface area contributed by atoms with Crippen molar-refractivity contribution in [3.05, 3.63) is 18.1 Å². The van der Waals surface area contributed by atoms with Crippen LogP contribution < -0.4 is 10.2 Å². The normalized spacial score (nSPS) is 15.6. The summed E-state index contributed by atoms with van der Waals surface area (Å²) >= 11 is 0. The molecular weight excluding hydrogens is 257 g/mol. The topological polar surface area (TPSA) is 41.1 Å². The van der Waals surface area contributed by atoms with E-state index in [0.717, 1.165) is 5.69 Å². The van der Waals surface area contributed by atoms with E-state index in [0.29, 0.717) is 18.4 Å². The van der Waals surface area contributed by atoms with Crippen molar-refractivity contribution in [2.45, 2.75) is 38.0 Å². The van der Waals surface area contributed by atoms with E-state index in [1.54, 1.807) is 13.2 Å². The molecule has 1 heterocycles. The van der Waals surface area contributed by atoms with Crippen LogP contribution in [0.25, 0.3) is 0 Å². The van der Waals surface area contributed by atoms with Gasteiger partial charge >= 0.3 is 6.18 Å². The molecule has 1 aliphatic carbocycles. The Balaban J connectivity index is 1.82. The number of rotatable bonds is 6. The summed E-state index contributed by atoms with van der Waals surface area (Å²) in [5.74, 6) is 0.458. The van der Waals surface area contributed by atoms with Crippen LogP contribution in [-0.4, -0.2) is 35.8 Å². The third kappa shape index (κ3) is 5.02. The maximum Gasteiger partial charge on any atom is 0.390 e. The minimum Gasteiger partial charge on any atom is -0.358 e. The Morgan fingerprint density at radius 1 is 1.32 bits per heavy atom. The molecule has 4 nitrogen and oxygen atoms in total. The molecule has 1 aliphatic rings. The predicted octanol–water partition coefficient (Wildman–Crippen LogP) is 2.12. The van der Waals surface area contributed by atoms with Crippen molar-refractivity contribution in [2.24, 2.45) is 0 Å². The highest BCUT2D eigenvalue weighted by molar-refractivity contribution is 5.34. The first-order chi connectivity index (χ1) is 8.94. The van der Waals surface area contributed by atoms with Crippen molar-refractivity contribution in [2.75, 3.05) is 18.5 Å². The van der Waals surface area contributed by atoms with E-state index >= 15 is 0 Å². The third-order valence-corrected chi connectivity index (χ3v) is 2.96. The molecule has 0 atom stereocenters. The van der Waals surface area contributed by atoms with Gasteiger partial charge in [0.05, 0.1) is 24.5 Å². The van der Waals surface area contributed by atoms with Crippen molar-refractivity contribution >= 4 is 5.82 Å². The molecule has 1 aromatic rings. The van der Waals surface area contributed by atoms with E-state index in [9.17, 15) is 13.2 Å². The molecule has 0 aliphatic heterocycles. The van der Waals surface area contributed by atoms with Crippen LogP contribution in [0.3, 0.4) is 0 Å². The van der Waals surface area contributed by atoms with Gasteiger partial charge in [-0.3, -0.25) is 4.98 Å². The average molecular weight is 274 g/mol. The predicted molar refractivity (Wildman–Crippen MR) is 65.8 cm³/mol. The largest absolute Gasteiger partial charge is 0.390 e. The van der Waals surface area contributed by atoms with Crippen molar-refractivity contribution in [3.8, 4) is 0 Å². The number of nitrogens with one attached hydrogen (secondary N) is 1. The first kappa shape index (κ1) is 14.0. The van der Waals surface area contributed by atoms with Gasteiger partial charge in [0, 0.05) is 26.2 Å². The van der Waals surface area contributed by atoms with Gasteiger partial charge in [-0.2, -0.15) is 13.2 Å². The quantitative estimate of drug-likeness (QED) is 0.862. The summed E-state index contributed by atoms with van der Waals surface area (Å²) < 4.78 is 36.3. The lowest BCUT2D eigenvalue weighted by Crippen LogP contribution is -2.25. The zero-order chi connectivity index (χ0) is 13.9. The van der Waals surface area contributed by atoms with E-state index in [2.05, 4.69) is 15.3 Å². The van der Waals surface area contributed by atoms with Crippen LogP contribution in [0, 0.1) is 0 Å². The highest BCUT2D eigenvalue weighted by Crippen LogP contribution is 2.21. The zero-order valence-corrected chi connectivity index (χ0v) is 10.7. The maximum atomic E-state index is 12.1. The summed E-state index contributed by atoms with van der Waals surface area (Å²) in [7, 11) is 1.58. The minimum atomic E-state index is -4.14. The molecule has 106 valence electrons. The van der Waals surface area contributed by atoms with Gasteiger partial charge in [0.1, 0.15) is 5.82 Å². The fourth-order valence-electron chi connectivity index (χ4n) is 1.58. The number of anilines is 1. The Hall–Kier alpha value is -1.37. The minimum absolute atomic E-state index is 0.113. The van der Waals surface area contributed by atoms with E-state index in [1.807, 2.05) is 0 Å². The lowest BCUT2D eigenvalue weighted by atomic mass is 10.4. The average Bonchev–Trinajstić information content (AvgIpc) is 3.17. The molecular formula is C12H17F3N4. The van der Waals surface area contributed by atoms with Gasteiger partial charge in [-0.25, -0.2) is 4.98 Å². The summed E-state index contributed by atoms with van der Waals surface area (Å²) in [6.45, 7) is 0.544. The summed E-state index contributed by atoms with van der Waals surface area (Å²) in [5.41, 5.74) is 0.805. The molecule has 1 N–H and O–H groups in total. The standard InChI is InChI=1S/C12H17F3N4/c1-19(5-4-12(13,14)15)11-8-17-10(7-18-11)6-16-9-2-3-9/h7-9,16H,2-6H2,1H3. The molecule has 2 rings (SSSR count). The van der Waals surface area contributed by atoms with E-state index in [1.165, 1.54) is 23.9 Å². The molecule has 0 unspecified atom stereocenters. The van der Waals surface area contributed by atoms with Crippen LogP contribution in [0.2, 0.25) is 0 Å². The van der Waals surface area contributed by atoms with Crippen molar-refractivity contribution in [1.82, 2.24) is 15.3 Å². The van der Waals surface area contributed by atoms with Crippen molar-refractivity contribution < 1.29 is 13.2 Å². The monoisotopic (exact) mass is 274 g/mol. The zero-order valence-electron chi connectivity index (χ0n) is 10.7. The lowest BCUT2D eigenvalue weighted by Gasteiger charge is -2.18. The summed E-state index contributed by atoms with van der Waals surface area (Å²) in [5, 5.41) is 3.30. The van der Waals surface area contributed by atoms with Crippen LogP contribution in [0.1, 0.15) is 25.0 Å². The van der Waals surface area contributed by atoms with Crippen LogP contribution in [0.4, 0.5) is 19.0 Å². The van der Waals surface area contributed by atoms with Crippen LogP contribution in [0.15, 0.2) is 12.4 Å². The number of nitrogens with zero attached hydrogens (tertiary/aromatic N) is 3. The number of hydrogen-bond donors (Lipinski definition) is 1. The van der Waals surface area contributed by atoms with Gasteiger partial charge in [0.15, 0.2) is 0 Å². The van der Waals surface area contributed by atoms with Gasteiger partial charge in [0.2, 0.25) is 0 Å². The SMILES string of the molecule is CN(CCC(F)(F)F)c1cnc(CNC2CC2)cn1. The summed E-state index contributed by atoms with van der Waals surface area (Å²) in [6, 6.07) is 0.593. The van der Waals surface area contributed by atoms with Crippen molar-refractivity contribution in [3.63, 3.8) is 0 Å². The smallest absolute Gasteiger partial charge is 0.358 e. The second kappa shape index (κ2) is 5.73. The molecule has 19 heavy (non-hydrogen) atoms. The van der Waals surface area contributed by atoms with Crippen LogP contribution >= 0.6 is 0 Å². The molecule has 0 aromatic carbocycles. The van der Waals surface area contributed by atoms with Crippen LogP contribution in [-0.2, 0) is 6.54 Å².